The zero-order valence-corrected chi connectivity index (χ0v) is 23.3. The van der Waals surface area contributed by atoms with Crippen LogP contribution in [0.2, 0.25) is 0 Å². The predicted octanol–water partition coefficient (Wildman–Crippen LogP) is 4.64. The first-order chi connectivity index (χ1) is 18.0. The number of nitrogens with one attached hydrogen (secondary N) is 3. The zero-order chi connectivity index (χ0) is 27.5. The van der Waals surface area contributed by atoms with Gasteiger partial charge in [0.25, 0.3) is 0 Å². The molecule has 0 saturated carbocycles. The van der Waals surface area contributed by atoms with Crippen molar-refractivity contribution in [3.05, 3.63) is 48.2 Å². The van der Waals surface area contributed by atoms with E-state index in [1.54, 1.807) is 6.07 Å². The van der Waals surface area contributed by atoms with Crippen molar-refractivity contribution in [2.24, 2.45) is 11.0 Å². The molecule has 3 heterocycles. The highest BCUT2D eigenvalue weighted by molar-refractivity contribution is 5.58. The van der Waals surface area contributed by atoms with E-state index in [2.05, 4.69) is 61.8 Å². The van der Waals surface area contributed by atoms with E-state index < -0.39 is 0 Å². The van der Waals surface area contributed by atoms with E-state index in [-0.39, 0.29) is 0 Å². The normalized spacial score (nSPS) is 12.1. The molecule has 0 bridgehead atoms. The number of hydrazone groups is 1. The number of benzene rings is 1. The SMILES string of the molecule is C=NNCC(C)C.CC.CC.Nc1cc(N2CCNCC2)nc(NCc2cc(-c3ccccc3)no2)n1. The van der Waals surface area contributed by atoms with Crippen molar-refractivity contribution in [3.63, 3.8) is 0 Å². The Morgan fingerprint density at radius 3 is 2.35 bits per heavy atom. The summed E-state index contributed by atoms with van der Waals surface area (Å²) < 4.78 is 5.40. The molecule has 37 heavy (non-hydrogen) atoms. The minimum Gasteiger partial charge on any atom is -0.383 e. The van der Waals surface area contributed by atoms with Crippen molar-refractivity contribution < 1.29 is 4.52 Å². The van der Waals surface area contributed by atoms with E-state index in [0.717, 1.165) is 49.8 Å². The van der Waals surface area contributed by atoms with Crippen LogP contribution in [0.25, 0.3) is 11.3 Å². The third-order valence-corrected chi connectivity index (χ3v) is 4.83. The molecule has 0 aliphatic carbocycles. The molecule has 0 amide bonds. The van der Waals surface area contributed by atoms with E-state index in [1.807, 2.05) is 64.1 Å². The quantitative estimate of drug-likeness (QED) is 0.252. The summed E-state index contributed by atoms with van der Waals surface area (Å²) in [7, 11) is 0. The Labute approximate surface area is 222 Å². The smallest absolute Gasteiger partial charge is 0.226 e. The van der Waals surface area contributed by atoms with Gasteiger partial charge in [-0.25, -0.2) is 0 Å². The highest BCUT2D eigenvalue weighted by Gasteiger charge is 2.14. The largest absolute Gasteiger partial charge is 0.383 e. The standard InChI is InChI=1S/C18H21N7O.C5H12N2.2C2H6/c19-16-11-17(25-8-6-20-7-9-25)23-18(22-16)21-12-14-10-15(24-26-14)13-4-2-1-3-5-13;1-5(2)4-7-6-3;2*1-2/h1-5,10-11,20H,6-9,12H2,(H3,19,21,22,23);5,7H,3-4H2,1-2H3;2*1-2H3. The van der Waals surface area contributed by atoms with Crippen LogP contribution in [-0.2, 0) is 6.54 Å². The van der Waals surface area contributed by atoms with E-state index in [9.17, 15) is 0 Å². The molecule has 1 aromatic carbocycles. The number of anilines is 3. The highest BCUT2D eigenvalue weighted by atomic mass is 16.5. The molecule has 5 N–H and O–H groups in total. The maximum absolute atomic E-state index is 5.95. The first-order valence-electron chi connectivity index (χ1n) is 13.1. The van der Waals surface area contributed by atoms with E-state index in [4.69, 9.17) is 10.3 Å². The molecule has 0 atom stereocenters. The van der Waals surface area contributed by atoms with Gasteiger partial charge in [0.2, 0.25) is 5.95 Å². The maximum Gasteiger partial charge on any atom is 0.226 e. The van der Waals surface area contributed by atoms with Gasteiger partial charge in [-0.1, -0.05) is 77.0 Å². The number of hydrogen-bond acceptors (Lipinski definition) is 10. The van der Waals surface area contributed by atoms with Crippen LogP contribution in [0, 0.1) is 5.92 Å². The highest BCUT2D eigenvalue weighted by Crippen LogP contribution is 2.20. The van der Waals surface area contributed by atoms with Crippen molar-refractivity contribution in [2.45, 2.75) is 48.1 Å². The van der Waals surface area contributed by atoms with Gasteiger partial charge in [0, 0.05) is 57.1 Å². The summed E-state index contributed by atoms with van der Waals surface area (Å²) in [6.07, 6.45) is 0. The lowest BCUT2D eigenvalue weighted by atomic mass is 10.1. The second-order valence-electron chi connectivity index (χ2n) is 8.02. The van der Waals surface area contributed by atoms with Gasteiger partial charge in [-0.3, -0.25) is 0 Å². The summed E-state index contributed by atoms with van der Waals surface area (Å²) in [5, 5.41) is 14.1. The van der Waals surface area contributed by atoms with Crippen molar-refractivity contribution in [1.29, 1.82) is 0 Å². The van der Waals surface area contributed by atoms with Crippen LogP contribution in [0.4, 0.5) is 17.6 Å². The van der Waals surface area contributed by atoms with Gasteiger partial charge in [0.1, 0.15) is 17.3 Å². The van der Waals surface area contributed by atoms with Crippen LogP contribution < -0.4 is 26.7 Å². The lowest BCUT2D eigenvalue weighted by Gasteiger charge is -2.28. The molecule has 1 aliphatic heterocycles. The average Bonchev–Trinajstić information content (AvgIpc) is 3.43. The molecule has 0 radical (unpaired) electrons. The summed E-state index contributed by atoms with van der Waals surface area (Å²) in [5.74, 6) is 3.13. The molecule has 10 heteroatoms. The van der Waals surface area contributed by atoms with Crippen molar-refractivity contribution in [1.82, 2.24) is 25.9 Å². The molecule has 0 spiro atoms. The van der Waals surface area contributed by atoms with Crippen LogP contribution >= 0.6 is 0 Å². The molecule has 2 aromatic heterocycles. The minimum atomic E-state index is 0.435. The fraction of sp³-hybridized carbons (Fsp3) is 0.481. The Morgan fingerprint density at radius 2 is 1.76 bits per heavy atom. The summed E-state index contributed by atoms with van der Waals surface area (Å²) in [6, 6.07) is 13.6. The van der Waals surface area contributed by atoms with Crippen LogP contribution in [0.1, 0.15) is 47.3 Å². The summed E-state index contributed by atoms with van der Waals surface area (Å²) in [4.78, 5) is 11.0. The van der Waals surface area contributed by atoms with E-state index in [0.29, 0.717) is 30.0 Å². The summed E-state index contributed by atoms with van der Waals surface area (Å²) in [6.45, 7) is 20.6. The maximum atomic E-state index is 5.95. The predicted molar refractivity (Wildman–Crippen MR) is 156 cm³/mol. The average molecular weight is 512 g/mol. The molecule has 1 saturated heterocycles. The van der Waals surface area contributed by atoms with Crippen molar-refractivity contribution in [3.8, 4) is 11.3 Å². The Hall–Kier alpha value is -3.66. The topological polar surface area (TPSA) is 130 Å². The molecule has 204 valence electrons. The molecule has 1 fully saturated rings. The van der Waals surface area contributed by atoms with Gasteiger partial charge in [0.05, 0.1) is 6.54 Å². The number of hydrogen-bond donors (Lipinski definition) is 4. The number of rotatable bonds is 8. The number of piperazine rings is 1. The fourth-order valence-corrected chi connectivity index (χ4v) is 3.14. The lowest BCUT2D eigenvalue weighted by Crippen LogP contribution is -2.44. The van der Waals surface area contributed by atoms with Gasteiger partial charge >= 0.3 is 0 Å². The van der Waals surface area contributed by atoms with Gasteiger partial charge in [-0.05, 0) is 5.92 Å². The van der Waals surface area contributed by atoms with Crippen molar-refractivity contribution >= 4 is 24.3 Å². The Balaban J connectivity index is 0.000000535. The molecular weight excluding hydrogens is 466 g/mol. The third-order valence-electron chi connectivity index (χ3n) is 4.83. The molecule has 10 nitrogen and oxygen atoms in total. The molecular formula is C27H45N9O. The molecule has 3 aromatic rings. The Morgan fingerprint density at radius 1 is 1.08 bits per heavy atom. The first kappa shape index (κ1) is 31.4. The molecule has 1 aliphatic rings. The lowest BCUT2D eigenvalue weighted by molar-refractivity contribution is 0.390. The molecule has 4 rings (SSSR count). The van der Waals surface area contributed by atoms with Gasteiger partial charge < -0.3 is 31.2 Å². The number of aromatic nitrogens is 3. The van der Waals surface area contributed by atoms with Crippen LogP contribution in [0.5, 0.6) is 0 Å². The van der Waals surface area contributed by atoms with Crippen molar-refractivity contribution in [2.75, 3.05) is 48.7 Å². The first-order valence-corrected chi connectivity index (χ1v) is 13.1. The number of nitrogen functional groups attached to an aromatic ring is 1. The second-order valence-corrected chi connectivity index (χ2v) is 8.02. The molecule has 0 unspecified atom stereocenters. The van der Waals surface area contributed by atoms with E-state index in [1.165, 1.54) is 0 Å². The van der Waals surface area contributed by atoms with Crippen LogP contribution in [0.15, 0.2) is 52.1 Å². The number of nitrogens with two attached hydrogens (primary N) is 1. The summed E-state index contributed by atoms with van der Waals surface area (Å²) >= 11 is 0. The van der Waals surface area contributed by atoms with Gasteiger partial charge in [-0.2, -0.15) is 15.1 Å². The van der Waals surface area contributed by atoms with Gasteiger partial charge in [-0.15, -0.1) is 0 Å². The monoisotopic (exact) mass is 511 g/mol. The second kappa shape index (κ2) is 18.6. The Bertz CT molecular complexity index is 987. The third kappa shape index (κ3) is 11.7. The summed E-state index contributed by atoms with van der Waals surface area (Å²) in [5.41, 5.74) is 10.5. The zero-order valence-electron chi connectivity index (χ0n) is 23.3. The number of nitrogens with zero attached hydrogens (tertiary/aromatic N) is 5. The Kier molecular flexibility index (Phi) is 15.8. The van der Waals surface area contributed by atoms with Crippen LogP contribution in [0.3, 0.4) is 0 Å². The van der Waals surface area contributed by atoms with Crippen LogP contribution in [-0.4, -0.2) is 54.6 Å². The van der Waals surface area contributed by atoms with E-state index >= 15 is 0 Å². The van der Waals surface area contributed by atoms with Gasteiger partial charge in [0.15, 0.2) is 5.76 Å². The fourth-order valence-electron chi connectivity index (χ4n) is 3.14. The minimum absolute atomic E-state index is 0.435.